The number of alkyl halides is 2. The first-order valence-corrected chi connectivity index (χ1v) is 6.55. The summed E-state index contributed by atoms with van der Waals surface area (Å²) in [6.07, 6.45) is 0.690. The normalized spacial score (nSPS) is 13.7. The van der Waals surface area contributed by atoms with Gasteiger partial charge in [0.05, 0.1) is 6.10 Å². The van der Waals surface area contributed by atoms with E-state index in [9.17, 15) is 4.39 Å². The van der Waals surface area contributed by atoms with Crippen LogP contribution in [0.2, 0.25) is 0 Å². The molecule has 0 heterocycles. The van der Waals surface area contributed by atoms with Crippen LogP contribution in [-0.2, 0) is 10.2 Å². The molecular formula is C13H17Cl2FO. The first kappa shape index (κ1) is 14.7. The Morgan fingerprint density at radius 1 is 1.35 bits per heavy atom. The van der Waals surface area contributed by atoms with Crippen molar-refractivity contribution in [3.63, 3.8) is 0 Å². The molecule has 0 bridgehead atoms. The third-order valence-corrected chi connectivity index (χ3v) is 4.05. The van der Waals surface area contributed by atoms with Crippen molar-refractivity contribution in [3.8, 4) is 0 Å². The van der Waals surface area contributed by atoms with E-state index in [-0.39, 0.29) is 11.9 Å². The predicted octanol–water partition coefficient (Wildman–Crippen LogP) is 3.97. The molecule has 0 aliphatic carbocycles. The van der Waals surface area contributed by atoms with E-state index in [0.717, 1.165) is 5.56 Å². The van der Waals surface area contributed by atoms with Crippen molar-refractivity contribution >= 4 is 23.2 Å². The number of benzene rings is 1. The molecule has 1 unspecified atom stereocenters. The van der Waals surface area contributed by atoms with Gasteiger partial charge in [-0.2, -0.15) is 0 Å². The lowest BCUT2D eigenvalue weighted by Crippen LogP contribution is -2.35. The van der Waals surface area contributed by atoms with Crippen molar-refractivity contribution in [2.75, 3.05) is 18.9 Å². The van der Waals surface area contributed by atoms with Crippen LogP contribution in [0.3, 0.4) is 0 Å². The molecular weight excluding hydrogens is 262 g/mol. The van der Waals surface area contributed by atoms with E-state index in [0.29, 0.717) is 18.2 Å². The van der Waals surface area contributed by atoms with E-state index < -0.39 is 5.41 Å². The smallest absolute Gasteiger partial charge is 0.123 e. The number of methoxy groups -OCH3 is 1. The van der Waals surface area contributed by atoms with Crippen LogP contribution in [0.1, 0.15) is 18.9 Å². The summed E-state index contributed by atoms with van der Waals surface area (Å²) in [4.78, 5) is 0. The summed E-state index contributed by atoms with van der Waals surface area (Å²) in [7, 11) is 1.64. The quantitative estimate of drug-likeness (QED) is 0.716. The first-order chi connectivity index (χ1) is 8.07. The zero-order chi connectivity index (χ0) is 12.9. The highest BCUT2D eigenvalue weighted by atomic mass is 35.5. The van der Waals surface area contributed by atoms with Crippen molar-refractivity contribution in [1.29, 1.82) is 0 Å². The predicted molar refractivity (Wildman–Crippen MR) is 70.6 cm³/mol. The molecule has 0 saturated carbocycles. The van der Waals surface area contributed by atoms with E-state index in [2.05, 4.69) is 0 Å². The maximum Gasteiger partial charge on any atom is 0.123 e. The van der Waals surface area contributed by atoms with Crippen molar-refractivity contribution in [2.24, 2.45) is 0 Å². The molecule has 1 aromatic carbocycles. The summed E-state index contributed by atoms with van der Waals surface area (Å²) in [5, 5.41) is 0. The first-order valence-electron chi connectivity index (χ1n) is 5.49. The summed E-state index contributed by atoms with van der Waals surface area (Å²) in [6, 6.07) is 6.44. The number of halogens is 3. The van der Waals surface area contributed by atoms with Crippen molar-refractivity contribution in [2.45, 2.75) is 24.9 Å². The van der Waals surface area contributed by atoms with Gasteiger partial charge in [-0.05, 0) is 31.0 Å². The molecule has 1 nitrogen and oxygen atoms in total. The lowest BCUT2D eigenvalue weighted by molar-refractivity contribution is 0.0937. The van der Waals surface area contributed by atoms with Gasteiger partial charge in [-0.1, -0.05) is 12.1 Å². The molecule has 0 aromatic heterocycles. The van der Waals surface area contributed by atoms with Crippen LogP contribution in [0.5, 0.6) is 0 Å². The lowest BCUT2D eigenvalue weighted by Gasteiger charge is -2.32. The van der Waals surface area contributed by atoms with Crippen LogP contribution < -0.4 is 0 Å². The van der Waals surface area contributed by atoms with Crippen LogP contribution in [0.15, 0.2) is 24.3 Å². The zero-order valence-electron chi connectivity index (χ0n) is 10.1. The van der Waals surface area contributed by atoms with Gasteiger partial charge in [0.25, 0.3) is 0 Å². The average Bonchev–Trinajstić information content (AvgIpc) is 2.35. The Labute approximate surface area is 112 Å². The molecule has 96 valence electrons. The number of hydrogen-bond donors (Lipinski definition) is 0. The number of rotatable bonds is 6. The van der Waals surface area contributed by atoms with Gasteiger partial charge in [0, 0.05) is 24.3 Å². The maximum atomic E-state index is 13.3. The second-order valence-electron chi connectivity index (χ2n) is 4.31. The molecule has 17 heavy (non-hydrogen) atoms. The van der Waals surface area contributed by atoms with Crippen LogP contribution in [0, 0.1) is 5.82 Å². The molecule has 0 radical (unpaired) electrons. The van der Waals surface area contributed by atoms with Crippen LogP contribution in [0.25, 0.3) is 0 Å². The highest BCUT2D eigenvalue weighted by molar-refractivity contribution is 6.22. The molecule has 0 saturated heterocycles. The molecule has 0 spiro atoms. The van der Waals surface area contributed by atoms with Crippen molar-refractivity contribution in [1.82, 2.24) is 0 Å². The molecule has 4 heteroatoms. The maximum absolute atomic E-state index is 13.3. The molecule has 1 aromatic rings. The van der Waals surface area contributed by atoms with Gasteiger partial charge in [0.15, 0.2) is 0 Å². The highest BCUT2D eigenvalue weighted by Gasteiger charge is 2.32. The molecule has 1 atom stereocenters. The van der Waals surface area contributed by atoms with E-state index in [1.807, 2.05) is 13.0 Å². The van der Waals surface area contributed by atoms with Gasteiger partial charge in [-0.3, -0.25) is 0 Å². The van der Waals surface area contributed by atoms with Gasteiger partial charge in [-0.15, -0.1) is 23.2 Å². The summed E-state index contributed by atoms with van der Waals surface area (Å²) >= 11 is 12.1. The molecule has 0 fully saturated rings. The Hall–Kier alpha value is -0.310. The van der Waals surface area contributed by atoms with Gasteiger partial charge in [-0.25, -0.2) is 4.39 Å². The van der Waals surface area contributed by atoms with Crippen molar-refractivity contribution in [3.05, 3.63) is 35.6 Å². The largest absolute Gasteiger partial charge is 0.382 e. The summed E-state index contributed by atoms with van der Waals surface area (Å²) in [5.74, 6) is 0.411. The topological polar surface area (TPSA) is 9.23 Å². The Balaban J connectivity index is 3.06. The SMILES string of the molecule is COC(C)CC(CCl)(CCl)c1cccc(F)c1. The number of ether oxygens (including phenoxy) is 1. The van der Waals surface area contributed by atoms with Gasteiger partial charge in [0.2, 0.25) is 0 Å². The highest BCUT2D eigenvalue weighted by Crippen LogP contribution is 2.33. The third kappa shape index (κ3) is 3.57. The standard InChI is InChI=1S/C13H17Cl2FO/c1-10(17-2)7-13(8-14,9-15)11-4-3-5-12(16)6-11/h3-6,10H,7-9H2,1-2H3. The minimum Gasteiger partial charge on any atom is -0.382 e. The average molecular weight is 279 g/mol. The molecule has 0 N–H and O–H groups in total. The fourth-order valence-corrected chi connectivity index (χ4v) is 2.68. The summed E-state index contributed by atoms with van der Waals surface area (Å²) in [5.41, 5.74) is 0.382. The lowest BCUT2D eigenvalue weighted by atomic mass is 9.79. The minimum absolute atomic E-state index is 0.0239. The molecule has 1 rings (SSSR count). The fraction of sp³-hybridized carbons (Fsp3) is 0.538. The Bertz CT molecular complexity index is 353. The number of hydrogen-bond acceptors (Lipinski definition) is 1. The van der Waals surface area contributed by atoms with Crippen LogP contribution in [-0.4, -0.2) is 25.0 Å². The van der Waals surface area contributed by atoms with Gasteiger partial charge in [0.1, 0.15) is 5.82 Å². The molecule has 0 aliphatic heterocycles. The third-order valence-electron chi connectivity index (χ3n) is 3.03. The summed E-state index contributed by atoms with van der Waals surface area (Å²) in [6.45, 7) is 1.95. The second kappa shape index (κ2) is 6.58. The molecule has 0 aliphatic rings. The van der Waals surface area contributed by atoms with E-state index >= 15 is 0 Å². The van der Waals surface area contributed by atoms with E-state index in [4.69, 9.17) is 27.9 Å². The minimum atomic E-state index is -0.444. The summed E-state index contributed by atoms with van der Waals surface area (Å²) < 4.78 is 18.5. The Morgan fingerprint density at radius 2 is 2.00 bits per heavy atom. The van der Waals surface area contributed by atoms with Crippen LogP contribution in [0.4, 0.5) is 4.39 Å². The monoisotopic (exact) mass is 278 g/mol. The van der Waals surface area contributed by atoms with E-state index in [1.54, 1.807) is 13.2 Å². The van der Waals surface area contributed by atoms with Crippen molar-refractivity contribution < 1.29 is 9.13 Å². The second-order valence-corrected chi connectivity index (χ2v) is 4.84. The molecule has 0 amide bonds. The fourth-order valence-electron chi connectivity index (χ4n) is 1.87. The Kier molecular flexibility index (Phi) is 5.71. The van der Waals surface area contributed by atoms with E-state index in [1.165, 1.54) is 12.1 Å². The van der Waals surface area contributed by atoms with Gasteiger partial charge < -0.3 is 4.74 Å². The zero-order valence-corrected chi connectivity index (χ0v) is 11.6. The Morgan fingerprint density at radius 3 is 2.47 bits per heavy atom. The van der Waals surface area contributed by atoms with Gasteiger partial charge >= 0.3 is 0 Å². The van der Waals surface area contributed by atoms with Crippen LogP contribution >= 0.6 is 23.2 Å².